The summed E-state index contributed by atoms with van der Waals surface area (Å²) in [7, 11) is 0. The number of nitrogens with one attached hydrogen (secondary N) is 1. The summed E-state index contributed by atoms with van der Waals surface area (Å²) in [5.41, 5.74) is 0. The zero-order valence-electron chi connectivity index (χ0n) is 8.39. The predicted octanol–water partition coefficient (Wildman–Crippen LogP) is 0.620. The molecule has 0 fully saturated rings. The van der Waals surface area contributed by atoms with E-state index in [1.54, 1.807) is 0 Å². The van der Waals surface area contributed by atoms with Crippen LogP contribution in [0.15, 0.2) is 0 Å². The van der Waals surface area contributed by atoms with Crippen molar-refractivity contribution < 1.29 is 5.11 Å². The molecular formula is C8H19NNaO. The number of rotatable bonds is 4. The summed E-state index contributed by atoms with van der Waals surface area (Å²) in [6, 6.07) is 0.708. The normalized spacial score (nSPS) is 13.4. The summed E-state index contributed by atoms with van der Waals surface area (Å²) in [5.74, 6) is 0.507. The number of aliphatic hydroxyl groups is 1. The van der Waals surface area contributed by atoms with Gasteiger partial charge in [-0.3, -0.25) is 0 Å². The van der Waals surface area contributed by atoms with E-state index < -0.39 is 0 Å². The predicted molar refractivity (Wildman–Crippen MR) is 49.7 cm³/mol. The average Bonchev–Trinajstić information content (AvgIpc) is 1.81. The van der Waals surface area contributed by atoms with E-state index in [0.717, 1.165) is 0 Å². The van der Waals surface area contributed by atoms with Gasteiger partial charge in [0.25, 0.3) is 0 Å². The number of aliphatic hydroxyl groups excluding tert-OH is 1. The Bertz CT molecular complexity index is 86.2. The van der Waals surface area contributed by atoms with E-state index in [0.29, 0.717) is 12.0 Å². The molecular weight excluding hydrogens is 149 g/mol. The van der Waals surface area contributed by atoms with Gasteiger partial charge in [-0.2, -0.15) is 0 Å². The van der Waals surface area contributed by atoms with Crippen LogP contribution in [0.25, 0.3) is 0 Å². The van der Waals surface area contributed by atoms with Gasteiger partial charge in [-0.1, -0.05) is 27.7 Å². The van der Waals surface area contributed by atoms with E-state index in [2.05, 4.69) is 33.0 Å². The maximum absolute atomic E-state index is 8.88. The topological polar surface area (TPSA) is 32.3 Å². The molecule has 2 nitrogen and oxygen atoms in total. The Morgan fingerprint density at radius 3 is 1.73 bits per heavy atom. The van der Waals surface area contributed by atoms with Crippen LogP contribution in [0.3, 0.4) is 0 Å². The molecule has 0 heterocycles. The van der Waals surface area contributed by atoms with E-state index in [9.17, 15) is 0 Å². The van der Waals surface area contributed by atoms with Gasteiger partial charge in [0.1, 0.15) is 0 Å². The van der Waals surface area contributed by atoms with Crippen molar-refractivity contribution in [1.29, 1.82) is 0 Å². The Balaban J connectivity index is 0. The van der Waals surface area contributed by atoms with Crippen molar-refractivity contribution >= 4 is 29.6 Å². The molecule has 3 heteroatoms. The quantitative estimate of drug-likeness (QED) is 0.603. The van der Waals surface area contributed by atoms with Crippen LogP contribution in [0.2, 0.25) is 0 Å². The monoisotopic (exact) mass is 168 g/mol. The number of hydrogen-bond acceptors (Lipinski definition) is 2. The van der Waals surface area contributed by atoms with Gasteiger partial charge in [0.05, 0.1) is 6.61 Å². The van der Waals surface area contributed by atoms with E-state index in [-0.39, 0.29) is 42.2 Å². The van der Waals surface area contributed by atoms with Crippen molar-refractivity contribution in [2.24, 2.45) is 5.92 Å². The van der Waals surface area contributed by atoms with Crippen LogP contribution >= 0.6 is 0 Å². The molecule has 0 saturated heterocycles. The first-order valence-corrected chi connectivity index (χ1v) is 3.94. The average molecular weight is 168 g/mol. The van der Waals surface area contributed by atoms with Crippen LogP contribution in [0, 0.1) is 5.92 Å². The molecule has 0 aliphatic carbocycles. The Kier molecular flexibility index (Phi) is 9.93. The van der Waals surface area contributed by atoms with Gasteiger partial charge in [-0.25, -0.2) is 0 Å². The molecule has 0 aliphatic rings. The molecule has 0 amide bonds. The van der Waals surface area contributed by atoms with Crippen molar-refractivity contribution in [1.82, 2.24) is 5.32 Å². The second-order valence-corrected chi connectivity index (χ2v) is 3.35. The first kappa shape index (κ1) is 14.4. The van der Waals surface area contributed by atoms with Gasteiger partial charge in [0.2, 0.25) is 0 Å². The van der Waals surface area contributed by atoms with Gasteiger partial charge >= 0.3 is 0 Å². The van der Waals surface area contributed by atoms with Crippen LogP contribution in [0.1, 0.15) is 27.7 Å². The molecule has 11 heavy (non-hydrogen) atoms. The van der Waals surface area contributed by atoms with Crippen LogP contribution in [-0.2, 0) is 0 Å². The fourth-order valence-corrected chi connectivity index (χ4v) is 0.884. The van der Waals surface area contributed by atoms with Gasteiger partial charge in [0.15, 0.2) is 0 Å². The second-order valence-electron chi connectivity index (χ2n) is 3.35. The molecule has 0 aromatic rings. The van der Waals surface area contributed by atoms with Gasteiger partial charge in [-0.05, 0) is 5.92 Å². The fourth-order valence-electron chi connectivity index (χ4n) is 0.884. The Morgan fingerprint density at radius 2 is 1.64 bits per heavy atom. The number of hydrogen-bond donors (Lipinski definition) is 2. The van der Waals surface area contributed by atoms with E-state index >= 15 is 0 Å². The summed E-state index contributed by atoms with van der Waals surface area (Å²) in [6.07, 6.45) is 0. The summed E-state index contributed by atoms with van der Waals surface area (Å²) >= 11 is 0. The molecule has 0 aromatic heterocycles. The second kappa shape index (κ2) is 7.56. The van der Waals surface area contributed by atoms with E-state index in [1.807, 2.05) is 0 Å². The minimum atomic E-state index is 0. The van der Waals surface area contributed by atoms with Crippen LogP contribution in [0.4, 0.5) is 0 Å². The Labute approximate surface area is 92.1 Å². The minimum Gasteiger partial charge on any atom is -0.395 e. The summed E-state index contributed by atoms with van der Waals surface area (Å²) in [5, 5.41) is 12.2. The van der Waals surface area contributed by atoms with E-state index in [4.69, 9.17) is 5.11 Å². The van der Waals surface area contributed by atoms with Crippen LogP contribution in [0.5, 0.6) is 0 Å². The van der Waals surface area contributed by atoms with Gasteiger partial charge in [-0.15, -0.1) is 0 Å². The first-order chi connectivity index (χ1) is 4.57. The molecule has 0 spiro atoms. The van der Waals surface area contributed by atoms with Crippen molar-refractivity contribution in [3.63, 3.8) is 0 Å². The minimum absolute atomic E-state index is 0. The first-order valence-electron chi connectivity index (χ1n) is 3.94. The standard InChI is InChI=1S/C8H19NO.Na/c1-6(2)8(5-10)9-7(3)4;/h6-10H,5H2,1-4H3;/t8-;/m1./s1. The molecule has 0 saturated carbocycles. The smallest absolute Gasteiger partial charge is 0.0587 e. The van der Waals surface area contributed by atoms with Gasteiger partial charge in [0, 0.05) is 41.6 Å². The molecule has 0 rings (SSSR count). The zero-order chi connectivity index (χ0) is 8.15. The van der Waals surface area contributed by atoms with E-state index in [1.165, 1.54) is 0 Å². The molecule has 1 radical (unpaired) electrons. The molecule has 1 atom stereocenters. The Hall–Kier alpha value is 0.920. The SMILES string of the molecule is CC(C)N[C@H](CO)C(C)C.[Na]. The summed E-state index contributed by atoms with van der Waals surface area (Å²) < 4.78 is 0. The third-order valence-corrected chi connectivity index (χ3v) is 1.55. The van der Waals surface area contributed by atoms with Crippen molar-refractivity contribution in [2.45, 2.75) is 39.8 Å². The fraction of sp³-hybridized carbons (Fsp3) is 1.00. The molecule has 63 valence electrons. The maximum Gasteiger partial charge on any atom is 0.0587 e. The third kappa shape index (κ3) is 7.29. The zero-order valence-corrected chi connectivity index (χ0v) is 10.4. The molecule has 0 bridgehead atoms. The van der Waals surface area contributed by atoms with Crippen LogP contribution in [-0.4, -0.2) is 53.4 Å². The Morgan fingerprint density at radius 1 is 1.18 bits per heavy atom. The summed E-state index contributed by atoms with van der Waals surface area (Å²) in [6.45, 7) is 8.62. The third-order valence-electron chi connectivity index (χ3n) is 1.55. The molecule has 0 aromatic carbocycles. The molecule has 0 aliphatic heterocycles. The maximum atomic E-state index is 8.88. The van der Waals surface area contributed by atoms with Crippen LogP contribution < -0.4 is 5.32 Å². The van der Waals surface area contributed by atoms with Crippen molar-refractivity contribution in [3.05, 3.63) is 0 Å². The molecule has 2 N–H and O–H groups in total. The summed E-state index contributed by atoms with van der Waals surface area (Å²) in [4.78, 5) is 0. The largest absolute Gasteiger partial charge is 0.395 e. The van der Waals surface area contributed by atoms with Gasteiger partial charge < -0.3 is 10.4 Å². The van der Waals surface area contributed by atoms with Crippen molar-refractivity contribution in [2.75, 3.05) is 6.61 Å². The van der Waals surface area contributed by atoms with Crippen molar-refractivity contribution in [3.8, 4) is 0 Å². The molecule has 0 unspecified atom stereocenters.